The van der Waals surface area contributed by atoms with Crippen LogP contribution in [0.25, 0.3) is 0 Å². The van der Waals surface area contributed by atoms with E-state index in [0.717, 1.165) is 31.6 Å². The fourth-order valence-corrected chi connectivity index (χ4v) is 3.18. The molecule has 29 heavy (non-hydrogen) atoms. The van der Waals surface area contributed by atoms with Crippen LogP contribution in [0.5, 0.6) is 5.88 Å². The Balaban J connectivity index is 1.62. The fourth-order valence-electron chi connectivity index (χ4n) is 3.18. The van der Waals surface area contributed by atoms with E-state index in [4.69, 9.17) is 14.2 Å². The highest BCUT2D eigenvalue weighted by Gasteiger charge is 2.24. The number of hydrogen-bond acceptors (Lipinski definition) is 6. The molecule has 2 aromatic rings. The van der Waals surface area contributed by atoms with Gasteiger partial charge in [0.05, 0.1) is 19.3 Å². The summed E-state index contributed by atoms with van der Waals surface area (Å²) >= 11 is 0. The summed E-state index contributed by atoms with van der Waals surface area (Å²) in [7, 11) is 1.30. The Hall–Kier alpha value is -2.93. The molecule has 3 rings (SSSR count). The highest BCUT2D eigenvalue weighted by atomic mass is 16.5. The molecule has 0 bridgehead atoms. The molecule has 0 aliphatic carbocycles. The number of carbonyl (C=O) groups is 2. The SMILES string of the molecule is COC(=O)[C@@H](NC(=O)c1ccc(OCC2CCOCC2)nc1)c1cccc(C)c1. The number of pyridine rings is 1. The molecule has 1 saturated heterocycles. The lowest BCUT2D eigenvalue weighted by Crippen LogP contribution is -2.34. The molecule has 1 aromatic carbocycles. The summed E-state index contributed by atoms with van der Waals surface area (Å²) in [4.78, 5) is 29.0. The average molecular weight is 398 g/mol. The van der Waals surface area contributed by atoms with Crippen molar-refractivity contribution in [1.29, 1.82) is 0 Å². The molecule has 0 spiro atoms. The smallest absolute Gasteiger partial charge is 0.333 e. The summed E-state index contributed by atoms with van der Waals surface area (Å²) in [5, 5.41) is 2.72. The molecule has 1 fully saturated rings. The molecule has 1 aromatic heterocycles. The number of carbonyl (C=O) groups excluding carboxylic acids is 2. The monoisotopic (exact) mass is 398 g/mol. The van der Waals surface area contributed by atoms with Gasteiger partial charge in [-0.15, -0.1) is 0 Å². The molecule has 1 aliphatic rings. The van der Waals surface area contributed by atoms with E-state index >= 15 is 0 Å². The van der Waals surface area contributed by atoms with Crippen LogP contribution in [0.15, 0.2) is 42.6 Å². The van der Waals surface area contributed by atoms with Gasteiger partial charge in [0.25, 0.3) is 5.91 Å². The zero-order valence-corrected chi connectivity index (χ0v) is 16.7. The molecule has 154 valence electrons. The van der Waals surface area contributed by atoms with Gasteiger partial charge in [0.1, 0.15) is 0 Å². The number of rotatable bonds is 7. The normalized spacial score (nSPS) is 15.4. The summed E-state index contributed by atoms with van der Waals surface area (Å²) in [6, 6.07) is 9.77. The molecule has 1 atom stereocenters. The van der Waals surface area contributed by atoms with Crippen LogP contribution in [-0.4, -0.2) is 43.8 Å². The van der Waals surface area contributed by atoms with Crippen molar-refractivity contribution >= 4 is 11.9 Å². The van der Waals surface area contributed by atoms with E-state index in [1.807, 2.05) is 25.1 Å². The van der Waals surface area contributed by atoms with Crippen LogP contribution in [0.2, 0.25) is 0 Å². The second kappa shape index (κ2) is 10.0. The topological polar surface area (TPSA) is 86.8 Å². The van der Waals surface area contributed by atoms with Crippen molar-refractivity contribution in [1.82, 2.24) is 10.3 Å². The zero-order chi connectivity index (χ0) is 20.6. The van der Waals surface area contributed by atoms with Crippen molar-refractivity contribution in [3.8, 4) is 5.88 Å². The number of benzene rings is 1. The number of hydrogen-bond donors (Lipinski definition) is 1. The van der Waals surface area contributed by atoms with Crippen LogP contribution in [0, 0.1) is 12.8 Å². The first-order chi connectivity index (χ1) is 14.1. The predicted octanol–water partition coefficient (Wildman–Crippen LogP) is 2.84. The lowest BCUT2D eigenvalue weighted by atomic mass is 10.0. The van der Waals surface area contributed by atoms with Crippen LogP contribution in [0.3, 0.4) is 0 Å². The van der Waals surface area contributed by atoms with Crippen molar-refractivity contribution in [2.75, 3.05) is 26.9 Å². The molecule has 1 amide bonds. The minimum atomic E-state index is -0.892. The third-order valence-corrected chi connectivity index (χ3v) is 4.89. The van der Waals surface area contributed by atoms with E-state index in [-0.39, 0.29) is 0 Å². The Morgan fingerprint density at radius 1 is 1.24 bits per heavy atom. The van der Waals surface area contributed by atoms with Crippen LogP contribution in [-0.2, 0) is 14.3 Å². The van der Waals surface area contributed by atoms with Crippen LogP contribution in [0.1, 0.15) is 40.4 Å². The average Bonchev–Trinajstić information content (AvgIpc) is 2.76. The molecule has 1 aliphatic heterocycles. The van der Waals surface area contributed by atoms with Gasteiger partial charge in [0.15, 0.2) is 6.04 Å². The maximum absolute atomic E-state index is 12.6. The van der Waals surface area contributed by atoms with E-state index < -0.39 is 17.9 Å². The maximum atomic E-state index is 12.6. The summed E-state index contributed by atoms with van der Waals surface area (Å²) in [5.41, 5.74) is 1.98. The van der Waals surface area contributed by atoms with Gasteiger partial charge in [-0.1, -0.05) is 29.8 Å². The molecule has 1 N–H and O–H groups in total. The standard InChI is InChI=1S/C22H26N2O5/c1-15-4-3-5-17(12-15)20(22(26)27-2)24-21(25)18-6-7-19(23-13-18)29-14-16-8-10-28-11-9-16/h3-7,12-13,16,20H,8-11,14H2,1-2H3,(H,24,25)/t20-/m0/s1. The number of nitrogens with zero attached hydrogens (tertiary/aromatic N) is 1. The maximum Gasteiger partial charge on any atom is 0.333 e. The number of aromatic nitrogens is 1. The fraction of sp³-hybridized carbons (Fsp3) is 0.409. The minimum absolute atomic E-state index is 0.338. The van der Waals surface area contributed by atoms with Crippen LogP contribution < -0.4 is 10.1 Å². The van der Waals surface area contributed by atoms with Crippen molar-refractivity contribution in [2.24, 2.45) is 5.92 Å². The third kappa shape index (κ3) is 5.77. The molecular formula is C22H26N2O5. The third-order valence-electron chi connectivity index (χ3n) is 4.89. The molecule has 7 nitrogen and oxygen atoms in total. The van der Waals surface area contributed by atoms with Crippen LogP contribution >= 0.6 is 0 Å². The van der Waals surface area contributed by atoms with Crippen molar-refractivity contribution in [2.45, 2.75) is 25.8 Å². The minimum Gasteiger partial charge on any atom is -0.477 e. The Morgan fingerprint density at radius 3 is 2.69 bits per heavy atom. The second-order valence-electron chi connectivity index (χ2n) is 7.10. The summed E-state index contributed by atoms with van der Waals surface area (Å²) in [6.45, 7) is 4.04. The highest BCUT2D eigenvalue weighted by molar-refractivity contribution is 5.96. The van der Waals surface area contributed by atoms with Crippen molar-refractivity contribution < 1.29 is 23.8 Å². The number of nitrogens with one attached hydrogen (secondary N) is 1. The van der Waals surface area contributed by atoms with Crippen molar-refractivity contribution in [3.63, 3.8) is 0 Å². The molecular weight excluding hydrogens is 372 g/mol. The van der Waals surface area contributed by atoms with E-state index in [1.165, 1.54) is 13.3 Å². The van der Waals surface area contributed by atoms with E-state index in [2.05, 4.69) is 10.3 Å². The number of methoxy groups -OCH3 is 1. The quantitative estimate of drug-likeness (QED) is 0.722. The summed E-state index contributed by atoms with van der Waals surface area (Å²) in [6.07, 6.45) is 3.40. The zero-order valence-electron chi connectivity index (χ0n) is 16.7. The van der Waals surface area contributed by atoms with Gasteiger partial charge in [-0.05, 0) is 37.3 Å². The molecule has 0 unspecified atom stereocenters. The number of aryl methyl sites for hydroxylation is 1. The highest BCUT2D eigenvalue weighted by Crippen LogP contribution is 2.19. The molecule has 0 saturated carbocycles. The Kier molecular flexibility index (Phi) is 7.19. The Bertz CT molecular complexity index is 831. The second-order valence-corrected chi connectivity index (χ2v) is 7.10. The van der Waals surface area contributed by atoms with E-state index in [9.17, 15) is 9.59 Å². The summed E-state index contributed by atoms with van der Waals surface area (Å²) in [5.74, 6) is -0.0152. The number of amides is 1. The van der Waals surface area contributed by atoms with E-state index in [1.54, 1.807) is 18.2 Å². The number of ether oxygens (including phenoxy) is 3. The van der Waals surface area contributed by atoms with Gasteiger partial charge in [-0.25, -0.2) is 9.78 Å². The first-order valence-electron chi connectivity index (χ1n) is 9.68. The van der Waals surface area contributed by atoms with Crippen LogP contribution in [0.4, 0.5) is 0 Å². The molecule has 0 radical (unpaired) electrons. The molecule has 2 heterocycles. The van der Waals surface area contributed by atoms with E-state index in [0.29, 0.717) is 29.5 Å². The van der Waals surface area contributed by atoms with Gasteiger partial charge >= 0.3 is 5.97 Å². The molecule has 7 heteroatoms. The lowest BCUT2D eigenvalue weighted by molar-refractivity contribution is -0.143. The first-order valence-corrected chi connectivity index (χ1v) is 9.68. The lowest BCUT2D eigenvalue weighted by Gasteiger charge is -2.21. The first kappa shape index (κ1) is 20.8. The summed E-state index contributed by atoms with van der Waals surface area (Å²) < 4.78 is 15.9. The Labute approximate surface area is 170 Å². The van der Waals surface area contributed by atoms with Gasteiger partial charge < -0.3 is 19.5 Å². The Morgan fingerprint density at radius 2 is 2.03 bits per heavy atom. The largest absolute Gasteiger partial charge is 0.477 e. The number of esters is 1. The van der Waals surface area contributed by atoms with Gasteiger partial charge in [0.2, 0.25) is 5.88 Å². The van der Waals surface area contributed by atoms with Gasteiger partial charge in [-0.2, -0.15) is 0 Å². The predicted molar refractivity (Wildman–Crippen MR) is 107 cm³/mol. The van der Waals surface area contributed by atoms with Crippen molar-refractivity contribution in [3.05, 3.63) is 59.3 Å². The van der Waals surface area contributed by atoms with Gasteiger partial charge in [0, 0.05) is 25.5 Å². The van der Waals surface area contributed by atoms with Gasteiger partial charge in [-0.3, -0.25) is 4.79 Å².